The minimum atomic E-state index is 0.489. The molecule has 0 amide bonds. The van der Waals surface area contributed by atoms with Crippen molar-refractivity contribution in [3.05, 3.63) is 76.1 Å². The van der Waals surface area contributed by atoms with Crippen LogP contribution in [-0.2, 0) is 6.42 Å². The molecule has 1 aromatic heterocycles. The molecular weight excluding hydrogens is 254 g/mol. The minimum Gasteiger partial charge on any atom is -0.261 e. The van der Waals surface area contributed by atoms with Gasteiger partial charge in [0.2, 0.25) is 0 Å². The third-order valence-corrected chi connectivity index (χ3v) is 5.51. The van der Waals surface area contributed by atoms with Gasteiger partial charge in [0.15, 0.2) is 0 Å². The number of hydrogen-bond acceptors (Lipinski definition) is 1. The molecule has 106 valence electrons. The third kappa shape index (κ3) is 1.73. The first-order chi connectivity index (χ1) is 10.2. The molecule has 2 aromatic rings. The molecule has 1 nitrogen and oxygen atoms in total. The predicted molar refractivity (Wildman–Crippen MR) is 86.7 cm³/mol. The number of aromatic nitrogens is 1. The van der Waals surface area contributed by atoms with Crippen molar-refractivity contribution in [2.24, 2.45) is 0 Å². The molecule has 0 saturated carbocycles. The molecule has 21 heavy (non-hydrogen) atoms. The van der Waals surface area contributed by atoms with Crippen LogP contribution in [0.25, 0.3) is 0 Å². The highest BCUT2D eigenvalue weighted by atomic mass is 14.7. The Morgan fingerprint density at radius 2 is 1.43 bits per heavy atom. The minimum absolute atomic E-state index is 0.489. The van der Waals surface area contributed by atoms with Crippen LogP contribution in [0.3, 0.4) is 0 Å². The van der Waals surface area contributed by atoms with Gasteiger partial charge in [-0.25, -0.2) is 0 Å². The molecule has 0 bridgehead atoms. The SMILES string of the molecule is CC1C2=C(C(C)c3ccccc31)C(C)c1cccnc1C2. The molecular formula is C20H21N. The van der Waals surface area contributed by atoms with Gasteiger partial charge >= 0.3 is 0 Å². The lowest BCUT2D eigenvalue weighted by Crippen LogP contribution is -2.25. The normalized spacial score (nSPS) is 26.9. The number of nitrogens with zero attached hydrogens (tertiary/aromatic N) is 1. The van der Waals surface area contributed by atoms with E-state index in [2.05, 4.69) is 62.2 Å². The number of allylic oxidation sites excluding steroid dienone is 2. The lowest BCUT2D eigenvalue weighted by atomic mass is 9.65. The Morgan fingerprint density at radius 1 is 0.810 bits per heavy atom. The van der Waals surface area contributed by atoms with Crippen LogP contribution in [0.15, 0.2) is 53.7 Å². The van der Waals surface area contributed by atoms with E-state index >= 15 is 0 Å². The van der Waals surface area contributed by atoms with E-state index in [0.29, 0.717) is 17.8 Å². The van der Waals surface area contributed by atoms with E-state index in [0.717, 1.165) is 6.42 Å². The highest BCUT2D eigenvalue weighted by Gasteiger charge is 2.36. The van der Waals surface area contributed by atoms with Gasteiger partial charge in [0.1, 0.15) is 0 Å². The second-order valence-corrected chi connectivity index (χ2v) is 6.49. The Kier molecular flexibility index (Phi) is 2.78. The molecule has 2 aliphatic rings. The largest absolute Gasteiger partial charge is 0.261 e. The number of pyridine rings is 1. The summed E-state index contributed by atoms with van der Waals surface area (Å²) >= 11 is 0. The summed E-state index contributed by atoms with van der Waals surface area (Å²) in [6.07, 6.45) is 2.96. The van der Waals surface area contributed by atoms with Gasteiger partial charge in [-0.3, -0.25) is 4.98 Å². The van der Waals surface area contributed by atoms with E-state index in [-0.39, 0.29) is 0 Å². The summed E-state index contributed by atoms with van der Waals surface area (Å²) in [6, 6.07) is 13.3. The molecule has 2 aliphatic carbocycles. The van der Waals surface area contributed by atoms with Crippen LogP contribution >= 0.6 is 0 Å². The average molecular weight is 275 g/mol. The van der Waals surface area contributed by atoms with E-state index in [4.69, 9.17) is 0 Å². The Balaban J connectivity index is 1.91. The highest BCUT2D eigenvalue weighted by Crippen LogP contribution is 2.51. The van der Waals surface area contributed by atoms with Gasteiger partial charge in [-0.15, -0.1) is 0 Å². The number of rotatable bonds is 0. The Bertz CT molecular complexity index is 735. The molecule has 0 fully saturated rings. The molecule has 0 aliphatic heterocycles. The maximum atomic E-state index is 4.64. The predicted octanol–water partition coefficient (Wildman–Crippen LogP) is 4.96. The van der Waals surface area contributed by atoms with Crippen molar-refractivity contribution in [1.82, 2.24) is 4.98 Å². The number of hydrogen-bond donors (Lipinski definition) is 0. The van der Waals surface area contributed by atoms with Crippen molar-refractivity contribution in [3.63, 3.8) is 0 Å². The van der Waals surface area contributed by atoms with Crippen molar-refractivity contribution in [2.75, 3.05) is 0 Å². The first kappa shape index (κ1) is 12.8. The highest BCUT2D eigenvalue weighted by molar-refractivity contribution is 5.55. The fourth-order valence-corrected chi connectivity index (χ4v) is 4.43. The summed E-state index contributed by atoms with van der Waals surface area (Å²) < 4.78 is 0. The van der Waals surface area contributed by atoms with E-state index in [1.807, 2.05) is 6.20 Å². The summed E-state index contributed by atoms with van der Waals surface area (Å²) in [4.78, 5) is 4.64. The molecule has 0 spiro atoms. The summed E-state index contributed by atoms with van der Waals surface area (Å²) in [5.74, 6) is 1.53. The molecule has 3 atom stereocenters. The van der Waals surface area contributed by atoms with Gasteiger partial charge in [0.05, 0.1) is 0 Å². The topological polar surface area (TPSA) is 12.9 Å². The van der Waals surface area contributed by atoms with Gasteiger partial charge in [0.25, 0.3) is 0 Å². The Labute approximate surface area is 126 Å². The fourth-order valence-electron chi connectivity index (χ4n) is 4.43. The maximum absolute atomic E-state index is 4.64. The molecule has 3 unspecified atom stereocenters. The smallest absolute Gasteiger partial charge is 0.0482 e. The zero-order valence-electron chi connectivity index (χ0n) is 12.9. The summed E-state index contributed by atoms with van der Waals surface area (Å²) in [5, 5.41) is 0. The quantitative estimate of drug-likeness (QED) is 0.619. The van der Waals surface area contributed by atoms with E-state index in [1.54, 1.807) is 11.1 Å². The lowest BCUT2D eigenvalue weighted by Gasteiger charge is -2.39. The van der Waals surface area contributed by atoms with Crippen LogP contribution in [0.1, 0.15) is 60.9 Å². The molecule has 0 saturated heterocycles. The molecule has 1 heteroatoms. The summed E-state index contributed by atoms with van der Waals surface area (Å²) in [7, 11) is 0. The van der Waals surface area contributed by atoms with Crippen molar-refractivity contribution in [2.45, 2.75) is 44.9 Å². The third-order valence-electron chi connectivity index (χ3n) is 5.51. The second kappa shape index (κ2) is 4.56. The summed E-state index contributed by atoms with van der Waals surface area (Å²) in [6.45, 7) is 7.09. The van der Waals surface area contributed by atoms with E-state index < -0.39 is 0 Å². The van der Waals surface area contributed by atoms with Gasteiger partial charge < -0.3 is 0 Å². The monoisotopic (exact) mass is 275 g/mol. The Hall–Kier alpha value is -1.89. The van der Waals surface area contributed by atoms with Gasteiger partial charge in [0, 0.05) is 36.1 Å². The van der Waals surface area contributed by atoms with Crippen molar-refractivity contribution >= 4 is 0 Å². The molecule has 1 aromatic carbocycles. The van der Waals surface area contributed by atoms with Gasteiger partial charge in [-0.1, -0.05) is 62.2 Å². The first-order valence-corrected chi connectivity index (χ1v) is 7.94. The summed E-state index contributed by atoms with van der Waals surface area (Å²) in [5.41, 5.74) is 8.98. The van der Waals surface area contributed by atoms with E-state index in [9.17, 15) is 0 Å². The average Bonchev–Trinajstić information content (AvgIpc) is 2.52. The van der Waals surface area contributed by atoms with Crippen LogP contribution in [0.2, 0.25) is 0 Å². The van der Waals surface area contributed by atoms with Crippen molar-refractivity contribution in [3.8, 4) is 0 Å². The number of fused-ring (bicyclic) bond motifs is 2. The van der Waals surface area contributed by atoms with Crippen molar-refractivity contribution < 1.29 is 0 Å². The lowest BCUT2D eigenvalue weighted by molar-refractivity contribution is 0.631. The molecule has 0 radical (unpaired) electrons. The first-order valence-electron chi connectivity index (χ1n) is 7.94. The zero-order valence-corrected chi connectivity index (χ0v) is 12.9. The molecule has 1 heterocycles. The van der Waals surface area contributed by atoms with Crippen LogP contribution in [0, 0.1) is 0 Å². The molecule has 0 N–H and O–H groups in total. The molecule has 4 rings (SSSR count). The van der Waals surface area contributed by atoms with Crippen LogP contribution in [0.4, 0.5) is 0 Å². The van der Waals surface area contributed by atoms with Crippen molar-refractivity contribution in [1.29, 1.82) is 0 Å². The van der Waals surface area contributed by atoms with E-state index in [1.165, 1.54) is 22.4 Å². The zero-order chi connectivity index (χ0) is 14.6. The second-order valence-electron chi connectivity index (χ2n) is 6.49. The van der Waals surface area contributed by atoms with Crippen LogP contribution in [0.5, 0.6) is 0 Å². The number of benzene rings is 1. The van der Waals surface area contributed by atoms with Gasteiger partial charge in [-0.2, -0.15) is 0 Å². The van der Waals surface area contributed by atoms with Crippen LogP contribution < -0.4 is 0 Å². The van der Waals surface area contributed by atoms with Crippen LogP contribution in [-0.4, -0.2) is 4.98 Å². The standard InChI is InChI=1S/C20H21N/c1-12-15-7-4-5-8-16(15)13(2)20-14(3)17-9-6-10-21-19(17)11-18(12)20/h4-10,12-14H,11H2,1-3H3. The van der Waals surface area contributed by atoms with Gasteiger partial charge in [-0.05, 0) is 22.8 Å². The Morgan fingerprint density at radius 3 is 2.19 bits per heavy atom. The maximum Gasteiger partial charge on any atom is 0.0482 e. The fraction of sp³-hybridized carbons (Fsp3) is 0.350.